The molecule has 3 rings (SSSR count). The zero-order valence-corrected chi connectivity index (χ0v) is 10.5. The summed E-state index contributed by atoms with van der Waals surface area (Å²) in [7, 11) is 0. The van der Waals surface area contributed by atoms with Gasteiger partial charge in [-0.2, -0.15) is 0 Å². The second kappa shape index (κ2) is 4.75. The molecule has 92 valence electrons. The second-order valence-electron chi connectivity index (χ2n) is 5.34. The van der Waals surface area contributed by atoms with Crippen LogP contribution < -0.4 is 5.32 Å². The van der Waals surface area contributed by atoms with Crippen LogP contribution in [0.3, 0.4) is 0 Å². The summed E-state index contributed by atoms with van der Waals surface area (Å²) in [4.78, 5) is 6.97. The fourth-order valence-corrected chi connectivity index (χ4v) is 2.68. The summed E-state index contributed by atoms with van der Waals surface area (Å²) in [5.41, 5.74) is 2.48. The Labute approximate surface area is 103 Å². The number of aromatic nitrogens is 1. The lowest BCUT2D eigenvalue weighted by Gasteiger charge is -2.16. The quantitative estimate of drug-likeness (QED) is 0.855. The molecule has 1 aromatic rings. The second-order valence-corrected chi connectivity index (χ2v) is 5.34. The summed E-state index contributed by atoms with van der Waals surface area (Å²) >= 11 is 0. The monoisotopic (exact) mass is 231 g/mol. The van der Waals surface area contributed by atoms with Crippen molar-refractivity contribution in [2.75, 3.05) is 13.1 Å². The van der Waals surface area contributed by atoms with Gasteiger partial charge in [-0.15, -0.1) is 0 Å². The van der Waals surface area contributed by atoms with Gasteiger partial charge < -0.3 is 5.32 Å². The Balaban J connectivity index is 1.50. The highest BCUT2D eigenvalue weighted by molar-refractivity contribution is 5.18. The standard InChI is InChI=1S/C14H21N3/c1-11-12(3-2-7-15-11)9-16-13-6-8-17(10-13)14-4-5-14/h2-3,7,13-14,16H,4-6,8-10H2,1H3. The molecule has 0 amide bonds. The van der Waals surface area contributed by atoms with Crippen LogP contribution in [-0.2, 0) is 6.54 Å². The lowest BCUT2D eigenvalue weighted by atomic mass is 10.2. The van der Waals surface area contributed by atoms with E-state index in [0.717, 1.165) is 18.3 Å². The number of rotatable bonds is 4. The number of pyridine rings is 1. The molecular weight excluding hydrogens is 210 g/mol. The topological polar surface area (TPSA) is 28.2 Å². The summed E-state index contributed by atoms with van der Waals surface area (Å²) < 4.78 is 0. The third kappa shape index (κ3) is 2.67. The molecule has 1 N–H and O–H groups in total. The van der Waals surface area contributed by atoms with Crippen LogP contribution in [0.15, 0.2) is 18.3 Å². The number of aryl methyl sites for hydroxylation is 1. The van der Waals surface area contributed by atoms with Gasteiger partial charge in [0.2, 0.25) is 0 Å². The van der Waals surface area contributed by atoms with E-state index in [1.54, 1.807) is 0 Å². The molecule has 3 heteroatoms. The van der Waals surface area contributed by atoms with Crippen LogP contribution >= 0.6 is 0 Å². The molecule has 1 saturated carbocycles. The molecule has 17 heavy (non-hydrogen) atoms. The normalized spacial score (nSPS) is 25.4. The highest BCUT2D eigenvalue weighted by Gasteiger charge is 2.33. The SMILES string of the molecule is Cc1ncccc1CNC1CCN(C2CC2)C1. The van der Waals surface area contributed by atoms with E-state index >= 15 is 0 Å². The predicted molar refractivity (Wildman–Crippen MR) is 68.8 cm³/mol. The number of hydrogen-bond donors (Lipinski definition) is 1. The highest BCUT2D eigenvalue weighted by Crippen LogP contribution is 2.29. The van der Waals surface area contributed by atoms with Gasteiger partial charge in [0.1, 0.15) is 0 Å². The summed E-state index contributed by atoms with van der Waals surface area (Å²) in [6, 6.07) is 5.79. The zero-order chi connectivity index (χ0) is 11.7. The summed E-state index contributed by atoms with van der Waals surface area (Å²) in [6.07, 6.45) is 6.02. The van der Waals surface area contributed by atoms with Crippen LogP contribution in [0.2, 0.25) is 0 Å². The van der Waals surface area contributed by atoms with E-state index in [-0.39, 0.29) is 0 Å². The fraction of sp³-hybridized carbons (Fsp3) is 0.643. The van der Waals surface area contributed by atoms with Crippen LogP contribution in [0.5, 0.6) is 0 Å². The first-order valence-electron chi connectivity index (χ1n) is 6.71. The lowest BCUT2D eigenvalue weighted by molar-refractivity contribution is 0.317. The summed E-state index contributed by atoms with van der Waals surface area (Å²) in [5, 5.41) is 3.67. The van der Waals surface area contributed by atoms with Crippen molar-refractivity contribution in [3.63, 3.8) is 0 Å². The molecule has 2 aliphatic rings. The predicted octanol–water partition coefficient (Wildman–Crippen LogP) is 1.72. The number of nitrogens with zero attached hydrogens (tertiary/aromatic N) is 2. The van der Waals surface area contributed by atoms with Crippen molar-refractivity contribution in [1.29, 1.82) is 0 Å². The Morgan fingerprint density at radius 1 is 1.41 bits per heavy atom. The summed E-state index contributed by atoms with van der Waals surface area (Å²) in [6.45, 7) is 5.57. The van der Waals surface area contributed by atoms with E-state index < -0.39 is 0 Å². The van der Waals surface area contributed by atoms with Crippen molar-refractivity contribution >= 4 is 0 Å². The molecular formula is C14H21N3. The van der Waals surface area contributed by atoms with Crippen molar-refractivity contribution in [1.82, 2.24) is 15.2 Å². The maximum atomic E-state index is 4.33. The Morgan fingerprint density at radius 2 is 2.29 bits per heavy atom. The largest absolute Gasteiger partial charge is 0.309 e. The third-order valence-corrected chi connectivity index (χ3v) is 3.98. The zero-order valence-electron chi connectivity index (χ0n) is 10.5. The lowest BCUT2D eigenvalue weighted by Crippen LogP contribution is -2.33. The number of likely N-dealkylation sites (tertiary alicyclic amines) is 1. The van der Waals surface area contributed by atoms with Gasteiger partial charge in [0.25, 0.3) is 0 Å². The molecule has 1 aliphatic heterocycles. The molecule has 3 nitrogen and oxygen atoms in total. The van der Waals surface area contributed by atoms with Crippen molar-refractivity contribution in [2.45, 2.75) is 44.8 Å². The first kappa shape index (κ1) is 11.2. The maximum absolute atomic E-state index is 4.33. The molecule has 1 unspecified atom stereocenters. The molecule has 1 aromatic heterocycles. The van der Waals surface area contributed by atoms with Crippen molar-refractivity contribution in [3.8, 4) is 0 Å². The van der Waals surface area contributed by atoms with E-state index in [9.17, 15) is 0 Å². The van der Waals surface area contributed by atoms with Crippen LogP contribution in [0.1, 0.15) is 30.5 Å². The van der Waals surface area contributed by atoms with Gasteiger partial charge in [-0.3, -0.25) is 9.88 Å². The van der Waals surface area contributed by atoms with Gasteiger partial charge >= 0.3 is 0 Å². The van der Waals surface area contributed by atoms with E-state index in [0.29, 0.717) is 6.04 Å². The Hall–Kier alpha value is -0.930. The average molecular weight is 231 g/mol. The van der Waals surface area contributed by atoms with Gasteiger partial charge in [0.15, 0.2) is 0 Å². The van der Waals surface area contributed by atoms with Gasteiger partial charge in [-0.25, -0.2) is 0 Å². The first-order valence-corrected chi connectivity index (χ1v) is 6.71. The molecule has 0 bridgehead atoms. The molecule has 1 aliphatic carbocycles. The van der Waals surface area contributed by atoms with E-state index in [4.69, 9.17) is 0 Å². The van der Waals surface area contributed by atoms with E-state index in [2.05, 4.69) is 28.2 Å². The minimum atomic E-state index is 0.676. The van der Waals surface area contributed by atoms with Crippen molar-refractivity contribution in [2.24, 2.45) is 0 Å². The third-order valence-electron chi connectivity index (χ3n) is 3.98. The first-order chi connectivity index (χ1) is 8.33. The molecule has 0 radical (unpaired) electrons. The molecule has 1 atom stereocenters. The number of hydrogen-bond acceptors (Lipinski definition) is 3. The van der Waals surface area contributed by atoms with Gasteiger partial charge in [-0.05, 0) is 37.8 Å². The molecule has 0 spiro atoms. The molecule has 1 saturated heterocycles. The molecule has 2 heterocycles. The highest BCUT2D eigenvalue weighted by atomic mass is 15.2. The van der Waals surface area contributed by atoms with Crippen LogP contribution in [0.4, 0.5) is 0 Å². The fourth-order valence-electron chi connectivity index (χ4n) is 2.68. The maximum Gasteiger partial charge on any atom is 0.0417 e. The van der Waals surface area contributed by atoms with E-state index in [1.807, 2.05) is 12.3 Å². The van der Waals surface area contributed by atoms with Crippen LogP contribution in [0, 0.1) is 6.92 Å². The van der Waals surface area contributed by atoms with Crippen molar-refractivity contribution in [3.05, 3.63) is 29.6 Å². The average Bonchev–Trinajstić information content (AvgIpc) is 3.08. The smallest absolute Gasteiger partial charge is 0.0417 e. The van der Waals surface area contributed by atoms with Gasteiger partial charge in [-0.1, -0.05) is 6.07 Å². The molecule has 2 fully saturated rings. The minimum Gasteiger partial charge on any atom is -0.309 e. The Morgan fingerprint density at radius 3 is 3.06 bits per heavy atom. The van der Waals surface area contributed by atoms with Gasteiger partial charge in [0.05, 0.1) is 0 Å². The molecule has 0 aromatic carbocycles. The van der Waals surface area contributed by atoms with Gasteiger partial charge in [0, 0.05) is 43.6 Å². The van der Waals surface area contributed by atoms with Crippen molar-refractivity contribution < 1.29 is 0 Å². The summed E-state index contributed by atoms with van der Waals surface area (Å²) in [5.74, 6) is 0. The van der Waals surface area contributed by atoms with E-state index in [1.165, 1.54) is 37.9 Å². The van der Waals surface area contributed by atoms with Crippen LogP contribution in [0.25, 0.3) is 0 Å². The Kier molecular flexibility index (Phi) is 3.12. The minimum absolute atomic E-state index is 0.676. The number of nitrogens with one attached hydrogen (secondary N) is 1. The Bertz CT molecular complexity index is 387. The van der Waals surface area contributed by atoms with Crippen LogP contribution in [-0.4, -0.2) is 35.1 Å².